The van der Waals surface area contributed by atoms with Crippen molar-refractivity contribution in [2.75, 3.05) is 67.1 Å². The maximum atomic E-state index is 13.0. The third-order valence-corrected chi connectivity index (χ3v) is 12.5. The van der Waals surface area contributed by atoms with E-state index in [1.165, 1.54) is 5.69 Å². The van der Waals surface area contributed by atoms with E-state index in [4.69, 9.17) is 9.51 Å². The highest BCUT2D eigenvalue weighted by Crippen LogP contribution is 2.33. The highest BCUT2D eigenvalue weighted by molar-refractivity contribution is 6.05. The van der Waals surface area contributed by atoms with Gasteiger partial charge in [-0.1, -0.05) is 38.1 Å². The molecule has 3 N–H and O–H groups in total. The number of amides is 4. The van der Waals surface area contributed by atoms with E-state index in [-0.39, 0.29) is 35.1 Å². The van der Waals surface area contributed by atoms with Crippen LogP contribution in [0.4, 0.5) is 22.0 Å². The topological polar surface area (TPSA) is 182 Å². The smallest absolute Gasteiger partial charge is 0.328 e. The second-order valence-electron chi connectivity index (χ2n) is 18.0. The number of anilines is 3. The molecule has 6 aromatic rings. The molecule has 3 saturated heterocycles. The van der Waals surface area contributed by atoms with Gasteiger partial charge >= 0.3 is 6.03 Å². The van der Waals surface area contributed by atoms with Crippen LogP contribution in [0.1, 0.15) is 80.6 Å². The number of nitrogens with zero attached hydrogens (tertiary/aromatic N) is 9. The molecule has 7 heterocycles. The van der Waals surface area contributed by atoms with Crippen molar-refractivity contribution in [2.45, 2.75) is 65.3 Å². The molecule has 4 aromatic heterocycles. The van der Waals surface area contributed by atoms with Gasteiger partial charge in [0.25, 0.3) is 11.7 Å². The third-order valence-electron chi connectivity index (χ3n) is 12.5. The fourth-order valence-electron chi connectivity index (χ4n) is 8.88. The van der Waals surface area contributed by atoms with Crippen molar-refractivity contribution >= 4 is 46.1 Å². The van der Waals surface area contributed by atoms with Crippen LogP contribution in [-0.4, -0.2) is 105 Å². The lowest BCUT2D eigenvalue weighted by molar-refractivity contribution is -0.120. The van der Waals surface area contributed by atoms with Crippen molar-refractivity contribution < 1.29 is 18.9 Å². The summed E-state index contributed by atoms with van der Waals surface area (Å²) in [4.78, 5) is 67.7. The summed E-state index contributed by atoms with van der Waals surface area (Å²) in [5.41, 5.74) is 8.04. The molecule has 0 radical (unpaired) electrons. The standard InChI is InChI=1S/C47H54N12O4/c1-29-24-32(6-12-36(29)30(2)51-44(61)43-54-45(63-55-43)47(3,4)5)41-37-25-38(52-42(37)50-28-49-41)33-7-13-39(48-26-33)58-22-20-56(21-23-58)27-31-14-17-57(18-15-31)34-8-10-35(11-9-34)59-19-16-40(60)53-46(59)62/h6-13,24-26,28,30-31H,14-23,27H2,1-5H3,(H,51,61)(H,49,50,52)(H,53,60,62)/t30-/m1/s1. The molecule has 16 heteroatoms. The highest BCUT2D eigenvalue weighted by atomic mass is 16.5. The molecule has 2 aromatic carbocycles. The molecule has 9 rings (SSSR count). The normalized spacial score (nSPS) is 17.3. The minimum absolute atomic E-state index is 0.0196. The van der Waals surface area contributed by atoms with Gasteiger partial charge in [0.05, 0.1) is 11.7 Å². The van der Waals surface area contributed by atoms with E-state index in [0.717, 1.165) is 115 Å². The SMILES string of the molecule is Cc1cc(-c2ncnc3[nH]c(-c4ccc(N5CCN(CC6CCN(c7ccc(N8CCC(=O)NC8=O)cc7)CC6)CC5)nc4)cc23)ccc1[C@@H](C)NC(=O)c1noc(C(C)(C)C)n1. The zero-order valence-corrected chi connectivity index (χ0v) is 36.5. The number of fused-ring (bicyclic) bond motifs is 1. The molecule has 3 aliphatic rings. The summed E-state index contributed by atoms with van der Waals surface area (Å²) in [6, 6.07) is 19.9. The Morgan fingerprint density at radius 1 is 0.873 bits per heavy atom. The molecule has 1 atom stereocenters. The summed E-state index contributed by atoms with van der Waals surface area (Å²) in [6.07, 6.45) is 6.13. The molecule has 0 saturated carbocycles. The highest BCUT2D eigenvalue weighted by Gasteiger charge is 2.28. The fraction of sp³-hybridized carbons (Fsp3) is 0.404. The van der Waals surface area contributed by atoms with Gasteiger partial charge < -0.3 is 24.6 Å². The van der Waals surface area contributed by atoms with Gasteiger partial charge in [-0.15, -0.1) is 0 Å². The maximum Gasteiger partial charge on any atom is 0.328 e. The number of nitrogens with one attached hydrogen (secondary N) is 3. The molecule has 326 valence electrons. The Morgan fingerprint density at radius 2 is 1.62 bits per heavy atom. The minimum atomic E-state index is -0.387. The molecular weight excluding hydrogens is 797 g/mol. The van der Waals surface area contributed by atoms with Crippen LogP contribution >= 0.6 is 0 Å². The van der Waals surface area contributed by atoms with Crippen LogP contribution in [0.15, 0.2) is 77.7 Å². The second kappa shape index (κ2) is 17.2. The van der Waals surface area contributed by atoms with E-state index in [2.05, 4.69) is 86.8 Å². The van der Waals surface area contributed by atoms with Crippen molar-refractivity contribution in [1.82, 2.24) is 45.6 Å². The summed E-state index contributed by atoms with van der Waals surface area (Å²) < 4.78 is 5.31. The van der Waals surface area contributed by atoms with Crippen LogP contribution in [0, 0.1) is 12.8 Å². The summed E-state index contributed by atoms with van der Waals surface area (Å²) in [5, 5.41) is 10.2. The Hall–Kier alpha value is -6.68. The summed E-state index contributed by atoms with van der Waals surface area (Å²) in [6.45, 7) is 17.3. The maximum absolute atomic E-state index is 13.0. The number of H-pyrrole nitrogens is 1. The van der Waals surface area contributed by atoms with E-state index >= 15 is 0 Å². The molecule has 63 heavy (non-hydrogen) atoms. The van der Waals surface area contributed by atoms with Crippen molar-refractivity contribution in [1.29, 1.82) is 0 Å². The molecular formula is C47H54N12O4. The van der Waals surface area contributed by atoms with Crippen molar-refractivity contribution in [3.05, 3.63) is 96.0 Å². The first-order valence-electron chi connectivity index (χ1n) is 21.9. The number of carbonyl (C=O) groups excluding carboxylic acids is 3. The van der Waals surface area contributed by atoms with Gasteiger partial charge in [0.1, 0.15) is 17.8 Å². The van der Waals surface area contributed by atoms with Crippen LogP contribution in [0.3, 0.4) is 0 Å². The molecule has 3 aliphatic heterocycles. The first-order valence-corrected chi connectivity index (χ1v) is 21.9. The van der Waals surface area contributed by atoms with Crippen LogP contribution in [0.2, 0.25) is 0 Å². The van der Waals surface area contributed by atoms with Crippen LogP contribution in [-0.2, 0) is 10.2 Å². The van der Waals surface area contributed by atoms with Gasteiger partial charge in [0.2, 0.25) is 11.8 Å². The van der Waals surface area contributed by atoms with E-state index in [9.17, 15) is 14.4 Å². The van der Waals surface area contributed by atoms with Crippen LogP contribution in [0.25, 0.3) is 33.5 Å². The van der Waals surface area contributed by atoms with E-state index in [0.29, 0.717) is 24.8 Å². The van der Waals surface area contributed by atoms with E-state index < -0.39 is 0 Å². The number of urea groups is 1. The molecule has 0 spiro atoms. The number of aromatic amines is 1. The van der Waals surface area contributed by atoms with Gasteiger partial charge in [-0.25, -0.2) is 19.7 Å². The van der Waals surface area contributed by atoms with Crippen molar-refractivity contribution in [2.24, 2.45) is 5.92 Å². The largest absolute Gasteiger partial charge is 0.372 e. The van der Waals surface area contributed by atoms with Gasteiger partial charge in [-0.2, -0.15) is 4.98 Å². The molecule has 4 amide bonds. The first-order chi connectivity index (χ1) is 30.4. The zero-order chi connectivity index (χ0) is 43.8. The summed E-state index contributed by atoms with van der Waals surface area (Å²) in [7, 11) is 0. The van der Waals surface area contributed by atoms with Crippen LogP contribution < -0.4 is 25.3 Å². The molecule has 0 aliphatic carbocycles. The number of pyridine rings is 1. The number of piperidine rings is 1. The van der Waals surface area contributed by atoms with Crippen LogP contribution in [0.5, 0.6) is 0 Å². The van der Waals surface area contributed by atoms with Gasteiger partial charge in [-0.05, 0) is 92.3 Å². The van der Waals surface area contributed by atoms with E-state index in [1.807, 2.05) is 65.1 Å². The van der Waals surface area contributed by atoms with E-state index in [1.54, 1.807) is 11.2 Å². The monoisotopic (exact) mass is 850 g/mol. The van der Waals surface area contributed by atoms with Gasteiger partial charge in [-0.3, -0.25) is 24.7 Å². The Bertz CT molecular complexity index is 2620. The Kier molecular flexibility index (Phi) is 11.4. The molecule has 3 fully saturated rings. The van der Waals surface area contributed by atoms with Crippen molar-refractivity contribution in [3.63, 3.8) is 0 Å². The lowest BCUT2D eigenvalue weighted by Crippen LogP contribution is -2.49. The first kappa shape index (κ1) is 41.7. The average molecular weight is 851 g/mol. The average Bonchev–Trinajstić information content (AvgIpc) is 3.97. The predicted molar refractivity (Wildman–Crippen MR) is 242 cm³/mol. The Morgan fingerprint density at radius 3 is 2.30 bits per heavy atom. The van der Waals surface area contributed by atoms with Gasteiger partial charge in [0.15, 0.2) is 0 Å². The number of benzene rings is 2. The zero-order valence-electron chi connectivity index (χ0n) is 36.5. The second-order valence-corrected chi connectivity index (χ2v) is 18.0. The number of rotatable bonds is 10. The number of hydrogen-bond donors (Lipinski definition) is 3. The molecule has 0 bridgehead atoms. The lowest BCUT2D eigenvalue weighted by Gasteiger charge is -2.39. The Labute approximate surface area is 366 Å². The number of hydrogen-bond acceptors (Lipinski definition) is 12. The number of piperazine rings is 1. The third kappa shape index (κ3) is 8.98. The number of aryl methyl sites for hydroxylation is 1. The summed E-state index contributed by atoms with van der Waals surface area (Å²) >= 11 is 0. The number of aromatic nitrogens is 6. The summed E-state index contributed by atoms with van der Waals surface area (Å²) in [5.74, 6) is 1.48. The Balaban J connectivity index is 0.768. The minimum Gasteiger partial charge on any atom is -0.372 e. The number of carbonyl (C=O) groups is 3. The fourth-order valence-corrected chi connectivity index (χ4v) is 8.88. The van der Waals surface area contributed by atoms with Crippen molar-refractivity contribution in [3.8, 4) is 22.5 Å². The number of imide groups is 1. The lowest BCUT2D eigenvalue weighted by atomic mass is 9.95. The molecule has 0 unspecified atom stereocenters. The predicted octanol–water partition coefficient (Wildman–Crippen LogP) is 6.65. The van der Waals surface area contributed by atoms with Gasteiger partial charge in [0, 0.05) is 104 Å². The quantitative estimate of drug-likeness (QED) is 0.134. The molecule has 16 nitrogen and oxygen atoms in total.